The summed E-state index contributed by atoms with van der Waals surface area (Å²) in [6, 6.07) is 0. The van der Waals surface area contributed by atoms with Gasteiger partial charge in [0, 0.05) is 5.92 Å². The molecular formula is C9H14O3. The van der Waals surface area contributed by atoms with E-state index in [1.165, 1.54) is 6.92 Å². The highest BCUT2D eigenvalue weighted by Crippen LogP contribution is 2.04. The number of rotatable bonds is 5. The Morgan fingerprint density at radius 3 is 2.08 bits per heavy atom. The van der Waals surface area contributed by atoms with Crippen LogP contribution in [0.15, 0.2) is 0 Å². The molecule has 0 aromatic rings. The molecule has 1 unspecified atom stereocenters. The van der Waals surface area contributed by atoms with Gasteiger partial charge in [-0.25, -0.2) is 0 Å². The smallest absolute Gasteiger partial charge is 0.205 e. The molecule has 0 saturated heterocycles. The third kappa shape index (κ3) is 3.42. The Kier molecular flexibility index (Phi) is 4.40. The number of Topliss-reactive ketones (excluding diaryl/α,β-unsaturated/α-hetero) is 3. The highest BCUT2D eigenvalue weighted by Gasteiger charge is 2.20. The van der Waals surface area contributed by atoms with Crippen molar-refractivity contribution in [3.8, 4) is 0 Å². The molecule has 68 valence electrons. The van der Waals surface area contributed by atoms with E-state index in [0.717, 1.165) is 0 Å². The van der Waals surface area contributed by atoms with Crippen LogP contribution in [-0.4, -0.2) is 17.3 Å². The fourth-order valence-corrected chi connectivity index (χ4v) is 0.773. The van der Waals surface area contributed by atoms with Crippen LogP contribution in [0.3, 0.4) is 0 Å². The standard InChI is InChI=1S/C9H14O3/c1-4-6(2)9(12)8(11)5-7(3)10/h6H,4-5H2,1-3H3. The number of carbonyl (C=O) groups is 3. The lowest BCUT2D eigenvalue weighted by atomic mass is 9.98. The second-order valence-electron chi connectivity index (χ2n) is 2.98. The van der Waals surface area contributed by atoms with Gasteiger partial charge in [0.1, 0.15) is 5.78 Å². The molecule has 0 radical (unpaired) electrons. The first-order valence-corrected chi connectivity index (χ1v) is 4.05. The molecule has 0 rings (SSSR count). The Morgan fingerprint density at radius 2 is 1.75 bits per heavy atom. The molecule has 0 heterocycles. The Labute approximate surface area is 72.1 Å². The van der Waals surface area contributed by atoms with Gasteiger partial charge in [-0.2, -0.15) is 0 Å². The van der Waals surface area contributed by atoms with Crippen LogP contribution in [0.5, 0.6) is 0 Å². The van der Waals surface area contributed by atoms with E-state index in [0.29, 0.717) is 6.42 Å². The lowest BCUT2D eigenvalue weighted by Gasteiger charge is -2.03. The zero-order valence-electron chi connectivity index (χ0n) is 7.72. The van der Waals surface area contributed by atoms with Crippen LogP contribution in [0.1, 0.15) is 33.6 Å². The van der Waals surface area contributed by atoms with E-state index >= 15 is 0 Å². The van der Waals surface area contributed by atoms with Crippen molar-refractivity contribution in [2.45, 2.75) is 33.6 Å². The lowest BCUT2D eigenvalue weighted by molar-refractivity contribution is -0.140. The van der Waals surface area contributed by atoms with Gasteiger partial charge in [-0.15, -0.1) is 0 Å². The topological polar surface area (TPSA) is 51.2 Å². The molecule has 0 saturated carbocycles. The van der Waals surface area contributed by atoms with Crippen LogP contribution >= 0.6 is 0 Å². The zero-order chi connectivity index (χ0) is 9.72. The van der Waals surface area contributed by atoms with Gasteiger partial charge in [-0.3, -0.25) is 14.4 Å². The minimum Gasteiger partial charge on any atom is -0.300 e. The lowest BCUT2D eigenvalue weighted by Crippen LogP contribution is -2.22. The summed E-state index contributed by atoms with van der Waals surface area (Å²) in [4.78, 5) is 32.6. The molecule has 3 heteroatoms. The number of ketones is 3. The Bertz CT molecular complexity index is 206. The second-order valence-corrected chi connectivity index (χ2v) is 2.98. The average Bonchev–Trinajstić information content (AvgIpc) is 2.00. The summed E-state index contributed by atoms with van der Waals surface area (Å²) in [5.74, 6) is -1.49. The molecule has 0 aliphatic carbocycles. The summed E-state index contributed by atoms with van der Waals surface area (Å²) < 4.78 is 0. The molecule has 0 aromatic heterocycles. The SMILES string of the molecule is CCC(C)C(=O)C(=O)CC(C)=O. The molecule has 0 bridgehead atoms. The molecule has 0 aliphatic rings. The van der Waals surface area contributed by atoms with Crippen LogP contribution in [0.25, 0.3) is 0 Å². The van der Waals surface area contributed by atoms with E-state index < -0.39 is 11.6 Å². The highest BCUT2D eigenvalue weighted by atomic mass is 16.2. The predicted molar refractivity (Wildman–Crippen MR) is 44.8 cm³/mol. The molecule has 0 fully saturated rings. The van der Waals surface area contributed by atoms with Crippen molar-refractivity contribution in [3.05, 3.63) is 0 Å². The molecule has 0 spiro atoms. The van der Waals surface area contributed by atoms with Gasteiger partial charge in [-0.1, -0.05) is 13.8 Å². The van der Waals surface area contributed by atoms with Gasteiger partial charge in [0.2, 0.25) is 11.6 Å². The molecule has 3 nitrogen and oxygen atoms in total. The second kappa shape index (κ2) is 4.80. The van der Waals surface area contributed by atoms with Crippen molar-refractivity contribution in [1.29, 1.82) is 0 Å². The largest absolute Gasteiger partial charge is 0.300 e. The maximum absolute atomic E-state index is 11.1. The van der Waals surface area contributed by atoms with Crippen molar-refractivity contribution in [1.82, 2.24) is 0 Å². The summed E-state index contributed by atoms with van der Waals surface area (Å²) in [5, 5.41) is 0. The summed E-state index contributed by atoms with van der Waals surface area (Å²) in [6.07, 6.45) is 0.394. The molecular weight excluding hydrogens is 156 g/mol. The monoisotopic (exact) mass is 170 g/mol. The van der Waals surface area contributed by atoms with Crippen molar-refractivity contribution in [3.63, 3.8) is 0 Å². The van der Waals surface area contributed by atoms with Crippen molar-refractivity contribution in [2.75, 3.05) is 0 Å². The molecule has 1 atom stereocenters. The first-order valence-electron chi connectivity index (χ1n) is 4.05. The van der Waals surface area contributed by atoms with E-state index in [9.17, 15) is 14.4 Å². The van der Waals surface area contributed by atoms with E-state index in [4.69, 9.17) is 0 Å². The predicted octanol–water partition coefficient (Wildman–Crippen LogP) is 1.15. The van der Waals surface area contributed by atoms with E-state index in [1.807, 2.05) is 6.92 Å². The minimum atomic E-state index is -0.558. The summed E-state index contributed by atoms with van der Waals surface area (Å²) in [6.45, 7) is 4.84. The fourth-order valence-electron chi connectivity index (χ4n) is 0.773. The Balaban J connectivity index is 4.11. The maximum Gasteiger partial charge on any atom is 0.205 e. The van der Waals surface area contributed by atoms with Crippen LogP contribution in [0.2, 0.25) is 0 Å². The first-order chi connectivity index (χ1) is 5.49. The average molecular weight is 170 g/mol. The van der Waals surface area contributed by atoms with Crippen LogP contribution in [0.4, 0.5) is 0 Å². The molecule has 0 aromatic carbocycles. The molecule has 0 amide bonds. The van der Waals surface area contributed by atoms with E-state index in [2.05, 4.69) is 0 Å². The number of hydrogen-bond donors (Lipinski definition) is 0. The molecule has 12 heavy (non-hydrogen) atoms. The van der Waals surface area contributed by atoms with E-state index in [1.54, 1.807) is 6.92 Å². The third-order valence-electron chi connectivity index (χ3n) is 1.74. The van der Waals surface area contributed by atoms with Crippen molar-refractivity contribution in [2.24, 2.45) is 5.92 Å². The van der Waals surface area contributed by atoms with Crippen molar-refractivity contribution >= 4 is 17.3 Å². The van der Waals surface area contributed by atoms with Crippen LogP contribution in [0, 0.1) is 5.92 Å². The molecule has 0 N–H and O–H groups in total. The fraction of sp³-hybridized carbons (Fsp3) is 0.667. The van der Waals surface area contributed by atoms with Gasteiger partial charge in [-0.05, 0) is 13.3 Å². The quantitative estimate of drug-likeness (QED) is 0.459. The van der Waals surface area contributed by atoms with Gasteiger partial charge in [0.15, 0.2) is 0 Å². The molecule has 0 aliphatic heterocycles. The van der Waals surface area contributed by atoms with Gasteiger partial charge in [0.25, 0.3) is 0 Å². The number of carbonyl (C=O) groups excluding carboxylic acids is 3. The maximum atomic E-state index is 11.1. The first kappa shape index (κ1) is 11.0. The number of hydrogen-bond acceptors (Lipinski definition) is 3. The normalized spacial score (nSPS) is 12.2. The van der Waals surface area contributed by atoms with E-state index in [-0.39, 0.29) is 18.1 Å². The summed E-state index contributed by atoms with van der Waals surface area (Å²) in [5.41, 5.74) is 0. The Hall–Kier alpha value is -0.990. The minimum absolute atomic E-state index is 0.247. The summed E-state index contributed by atoms with van der Waals surface area (Å²) in [7, 11) is 0. The van der Waals surface area contributed by atoms with Crippen LogP contribution < -0.4 is 0 Å². The van der Waals surface area contributed by atoms with Crippen molar-refractivity contribution < 1.29 is 14.4 Å². The summed E-state index contributed by atoms with van der Waals surface area (Å²) >= 11 is 0. The van der Waals surface area contributed by atoms with Gasteiger partial charge < -0.3 is 0 Å². The third-order valence-corrected chi connectivity index (χ3v) is 1.74. The highest BCUT2D eigenvalue weighted by molar-refractivity contribution is 6.40. The van der Waals surface area contributed by atoms with Gasteiger partial charge in [0.05, 0.1) is 6.42 Å². The van der Waals surface area contributed by atoms with Crippen LogP contribution in [-0.2, 0) is 14.4 Å². The van der Waals surface area contributed by atoms with Gasteiger partial charge >= 0.3 is 0 Å². The zero-order valence-corrected chi connectivity index (χ0v) is 7.72. The Morgan fingerprint density at radius 1 is 1.25 bits per heavy atom.